The van der Waals surface area contributed by atoms with Gasteiger partial charge < -0.3 is 4.57 Å². The lowest BCUT2D eigenvalue weighted by Crippen LogP contribution is -2.05. The van der Waals surface area contributed by atoms with E-state index in [1.807, 2.05) is 60.7 Å². The Hall–Kier alpha value is -6.58. The van der Waals surface area contributed by atoms with Crippen molar-refractivity contribution in [1.29, 1.82) is 0 Å². The van der Waals surface area contributed by atoms with E-state index in [0.29, 0.717) is 11.5 Å². The standard InChI is InChI=1S/C47H35N3/c1-33(35-18-6-3-7-19-35)48-47(36-20-8-4-9-21-36)49-34(2)39-24-12-14-26-41(39)42-27-15-13-25-40(42)37-30-31-46-44(32-37)43-28-16-17-29-45(43)50(46)38-22-10-5-11-23-38/h3-32H,1H2,2H3. The van der Waals surface area contributed by atoms with Gasteiger partial charge in [0.2, 0.25) is 0 Å². The Morgan fingerprint density at radius 2 is 1.04 bits per heavy atom. The predicted molar refractivity (Wildman–Crippen MR) is 212 cm³/mol. The fourth-order valence-electron chi connectivity index (χ4n) is 6.78. The van der Waals surface area contributed by atoms with E-state index < -0.39 is 0 Å². The van der Waals surface area contributed by atoms with Crippen molar-refractivity contribution < 1.29 is 0 Å². The molecule has 3 nitrogen and oxygen atoms in total. The first-order chi connectivity index (χ1) is 24.7. The monoisotopic (exact) mass is 641 g/mol. The summed E-state index contributed by atoms with van der Waals surface area (Å²) in [6, 6.07) is 63.4. The lowest BCUT2D eigenvalue weighted by atomic mass is 9.90. The Bertz CT molecular complexity index is 2540. The van der Waals surface area contributed by atoms with Crippen molar-refractivity contribution >= 4 is 39.1 Å². The molecule has 0 aliphatic heterocycles. The van der Waals surface area contributed by atoms with Gasteiger partial charge in [-0.15, -0.1) is 0 Å². The molecule has 7 aromatic carbocycles. The highest BCUT2D eigenvalue weighted by atomic mass is 15.0. The summed E-state index contributed by atoms with van der Waals surface area (Å²) in [5.41, 5.74) is 12.6. The molecule has 0 bridgehead atoms. The summed E-state index contributed by atoms with van der Waals surface area (Å²) < 4.78 is 2.35. The summed E-state index contributed by atoms with van der Waals surface area (Å²) in [7, 11) is 0. The third-order valence-electron chi connectivity index (χ3n) is 9.19. The van der Waals surface area contributed by atoms with Gasteiger partial charge in [0.15, 0.2) is 5.84 Å². The molecule has 0 aliphatic carbocycles. The van der Waals surface area contributed by atoms with Crippen molar-refractivity contribution in [3.05, 3.63) is 205 Å². The van der Waals surface area contributed by atoms with Crippen LogP contribution in [0, 0.1) is 0 Å². The fourth-order valence-corrected chi connectivity index (χ4v) is 6.78. The molecule has 0 aliphatic rings. The molecule has 0 spiro atoms. The quantitative estimate of drug-likeness (QED) is 0.122. The van der Waals surface area contributed by atoms with Crippen LogP contribution in [-0.2, 0) is 0 Å². The summed E-state index contributed by atoms with van der Waals surface area (Å²) in [5, 5.41) is 2.46. The maximum Gasteiger partial charge on any atom is 0.160 e. The average Bonchev–Trinajstić information content (AvgIpc) is 3.52. The number of hydrogen-bond donors (Lipinski definition) is 0. The first kappa shape index (κ1) is 30.7. The third kappa shape index (κ3) is 5.86. The van der Waals surface area contributed by atoms with Crippen molar-refractivity contribution in [2.24, 2.45) is 9.98 Å². The highest BCUT2D eigenvalue weighted by Crippen LogP contribution is 2.39. The topological polar surface area (TPSA) is 29.6 Å². The average molecular weight is 642 g/mol. The van der Waals surface area contributed by atoms with Gasteiger partial charge in [0.05, 0.1) is 16.7 Å². The van der Waals surface area contributed by atoms with Crippen molar-refractivity contribution in [2.75, 3.05) is 0 Å². The van der Waals surface area contributed by atoms with E-state index in [2.05, 4.69) is 139 Å². The van der Waals surface area contributed by atoms with Crippen LogP contribution in [0.3, 0.4) is 0 Å². The van der Waals surface area contributed by atoms with Crippen molar-refractivity contribution in [3.8, 4) is 27.9 Å². The third-order valence-corrected chi connectivity index (χ3v) is 9.19. The number of nitrogens with zero attached hydrogens (tertiary/aromatic N) is 3. The molecule has 0 N–H and O–H groups in total. The van der Waals surface area contributed by atoms with Crippen LogP contribution in [0.2, 0.25) is 0 Å². The number of fused-ring (bicyclic) bond motifs is 3. The number of hydrogen-bond acceptors (Lipinski definition) is 1. The Balaban J connectivity index is 1.25. The van der Waals surface area contributed by atoms with Gasteiger partial charge in [-0.2, -0.15) is 0 Å². The molecule has 0 fully saturated rings. The van der Waals surface area contributed by atoms with E-state index in [1.165, 1.54) is 32.9 Å². The number of para-hydroxylation sites is 2. The Morgan fingerprint density at radius 3 is 1.78 bits per heavy atom. The van der Waals surface area contributed by atoms with E-state index in [0.717, 1.165) is 39.2 Å². The smallest absolute Gasteiger partial charge is 0.160 e. The molecule has 238 valence electrons. The van der Waals surface area contributed by atoms with Crippen LogP contribution < -0.4 is 0 Å². The van der Waals surface area contributed by atoms with Gasteiger partial charge in [-0.25, -0.2) is 9.98 Å². The second-order valence-electron chi connectivity index (χ2n) is 12.3. The van der Waals surface area contributed by atoms with Gasteiger partial charge in [0.25, 0.3) is 0 Å². The van der Waals surface area contributed by atoms with E-state index >= 15 is 0 Å². The first-order valence-electron chi connectivity index (χ1n) is 16.9. The normalized spacial score (nSPS) is 12.0. The van der Waals surface area contributed by atoms with Crippen LogP contribution in [0.4, 0.5) is 0 Å². The maximum atomic E-state index is 5.18. The molecule has 0 amide bonds. The molecule has 1 aromatic heterocycles. The molecule has 0 saturated carbocycles. The maximum absolute atomic E-state index is 5.18. The zero-order chi connectivity index (χ0) is 33.9. The Labute approximate surface area is 292 Å². The molecule has 1 heterocycles. The molecular weight excluding hydrogens is 607 g/mol. The highest BCUT2D eigenvalue weighted by molar-refractivity contribution is 6.15. The van der Waals surface area contributed by atoms with Crippen LogP contribution >= 0.6 is 0 Å². The van der Waals surface area contributed by atoms with E-state index in [1.54, 1.807) is 0 Å². The van der Waals surface area contributed by atoms with E-state index in [-0.39, 0.29) is 0 Å². The number of rotatable bonds is 7. The van der Waals surface area contributed by atoms with Crippen molar-refractivity contribution in [2.45, 2.75) is 6.92 Å². The lowest BCUT2D eigenvalue weighted by molar-refractivity contribution is 1.18. The van der Waals surface area contributed by atoms with Crippen LogP contribution in [0.5, 0.6) is 0 Å². The van der Waals surface area contributed by atoms with Gasteiger partial charge in [-0.05, 0) is 65.1 Å². The second-order valence-corrected chi connectivity index (χ2v) is 12.3. The van der Waals surface area contributed by atoms with Crippen LogP contribution in [0.15, 0.2) is 199 Å². The zero-order valence-corrected chi connectivity index (χ0v) is 27.9. The van der Waals surface area contributed by atoms with Gasteiger partial charge in [0, 0.05) is 33.3 Å². The highest BCUT2D eigenvalue weighted by Gasteiger charge is 2.17. The molecule has 3 heteroatoms. The SMILES string of the molecule is C=C(N=C(N=C(C)c1ccccc1-c1ccccc1-c1ccc2c(c1)c1ccccc1n2-c1ccccc1)c1ccccc1)c1ccccc1. The molecule has 0 radical (unpaired) electrons. The predicted octanol–water partition coefficient (Wildman–Crippen LogP) is 12.0. The van der Waals surface area contributed by atoms with Crippen molar-refractivity contribution in [1.82, 2.24) is 4.57 Å². The summed E-state index contributed by atoms with van der Waals surface area (Å²) in [6.45, 7) is 6.35. The molecule has 0 unspecified atom stereocenters. The minimum atomic E-state index is 0.625. The number of benzene rings is 7. The zero-order valence-electron chi connectivity index (χ0n) is 27.9. The fraction of sp³-hybridized carbons (Fsp3) is 0.0213. The minimum absolute atomic E-state index is 0.625. The lowest BCUT2D eigenvalue weighted by Gasteiger charge is -2.15. The Morgan fingerprint density at radius 1 is 0.480 bits per heavy atom. The summed E-state index contributed by atoms with van der Waals surface area (Å²) in [6.07, 6.45) is 0. The molecule has 50 heavy (non-hydrogen) atoms. The first-order valence-corrected chi connectivity index (χ1v) is 16.9. The van der Waals surface area contributed by atoms with E-state index in [9.17, 15) is 0 Å². The number of aliphatic imine (C=N–C) groups is 2. The molecule has 8 aromatic rings. The van der Waals surface area contributed by atoms with Crippen LogP contribution in [0.1, 0.15) is 23.6 Å². The molecule has 0 atom stereocenters. The second kappa shape index (κ2) is 13.5. The summed E-state index contributed by atoms with van der Waals surface area (Å²) in [4.78, 5) is 10.1. The number of aromatic nitrogens is 1. The molecule has 8 rings (SSSR count). The van der Waals surface area contributed by atoms with Gasteiger partial charge in [0.1, 0.15) is 0 Å². The summed E-state index contributed by atoms with van der Waals surface area (Å²) >= 11 is 0. The molecule has 0 saturated heterocycles. The van der Waals surface area contributed by atoms with Crippen LogP contribution in [-0.4, -0.2) is 16.1 Å². The van der Waals surface area contributed by atoms with Gasteiger partial charge in [-0.3, -0.25) is 0 Å². The summed E-state index contributed by atoms with van der Waals surface area (Å²) in [5.74, 6) is 0.625. The molecular formula is C47H35N3. The van der Waals surface area contributed by atoms with Gasteiger partial charge >= 0.3 is 0 Å². The minimum Gasteiger partial charge on any atom is -0.309 e. The van der Waals surface area contributed by atoms with E-state index in [4.69, 9.17) is 9.98 Å². The Kier molecular flexibility index (Phi) is 8.30. The largest absolute Gasteiger partial charge is 0.309 e. The van der Waals surface area contributed by atoms with Crippen LogP contribution in [0.25, 0.3) is 55.4 Å². The van der Waals surface area contributed by atoms with Crippen molar-refractivity contribution in [3.63, 3.8) is 0 Å². The number of amidine groups is 1. The van der Waals surface area contributed by atoms with Gasteiger partial charge in [-0.1, -0.05) is 158 Å².